The highest BCUT2D eigenvalue weighted by atomic mass is 16.4. The molecule has 1 aliphatic rings. The van der Waals surface area contributed by atoms with Crippen molar-refractivity contribution in [1.29, 1.82) is 0 Å². The molecule has 1 fully saturated rings. The van der Waals surface area contributed by atoms with Gasteiger partial charge in [0.1, 0.15) is 0 Å². The normalized spacial score (nSPS) is 19.8. The molecule has 1 unspecified atom stereocenters. The van der Waals surface area contributed by atoms with E-state index in [9.17, 15) is 4.79 Å². The highest BCUT2D eigenvalue weighted by molar-refractivity contribution is 5.69. The highest BCUT2D eigenvalue weighted by Gasteiger charge is 2.14. The number of aliphatic carboxylic acids is 1. The van der Waals surface area contributed by atoms with Crippen LogP contribution in [0.4, 0.5) is 0 Å². The third-order valence-electron chi connectivity index (χ3n) is 3.02. The van der Waals surface area contributed by atoms with Crippen molar-refractivity contribution in [3.63, 3.8) is 0 Å². The minimum absolute atomic E-state index is 0.194. The minimum atomic E-state index is -0.675. The molecule has 1 saturated carbocycles. The van der Waals surface area contributed by atoms with Crippen LogP contribution < -0.4 is 5.32 Å². The Bertz CT molecular complexity index is 176. The van der Waals surface area contributed by atoms with Crippen LogP contribution in [0.1, 0.15) is 45.4 Å². The van der Waals surface area contributed by atoms with Gasteiger partial charge in [0, 0.05) is 6.04 Å². The fraction of sp³-hybridized carbons (Fsp3) is 0.909. The second-order valence-corrected chi connectivity index (χ2v) is 4.32. The Hall–Kier alpha value is -0.570. The first kappa shape index (κ1) is 11.5. The van der Waals surface area contributed by atoms with Gasteiger partial charge in [-0.25, -0.2) is 0 Å². The lowest BCUT2D eigenvalue weighted by Gasteiger charge is -2.12. The Balaban J connectivity index is 1.95. The summed E-state index contributed by atoms with van der Waals surface area (Å²) in [6.07, 6.45) is 7.06. The van der Waals surface area contributed by atoms with Gasteiger partial charge in [-0.15, -0.1) is 0 Å². The van der Waals surface area contributed by atoms with E-state index < -0.39 is 5.97 Å². The van der Waals surface area contributed by atoms with Crippen molar-refractivity contribution in [3.8, 4) is 0 Å². The zero-order valence-corrected chi connectivity index (χ0v) is 8.96. The summed E-state index contributed by atoms with van der Waals surface area (Å²) in [4.78, 5) is 10.5. The lowest BCUT2D eigenvalue weighted by Crippen LogP contribution is -2.27. The summed E-state index contributed by atoms with van der Waals surface area (Å²) in [6.45, 7) is 2.75. The monoisotopic (exact) mass is 199 g/mol. The molecule has 82 valence electrons. The number of hydrogen-bond donors (Lipinski definition) is 2. The third kappa shape index (κ3) is 4.09. The van der Waals surface area contributed by atoms with Crippen LogP contribution in [0.5, 0.6) is 0 Å². The molecule has 14 heavy (non-hydrogen) atoms. The summed E-state index contributed by atoms with van der Waals surface area (Å²) >= 11 is 0. The van der Waals surface area contributed by atoms with E-state index in [2.05, 4.69) is 5.32 Å². The average Bonchev–Trinajstić information content (AvgIpc) is 2.64. The van der Waals surface area contributed by atoms with E-state index in [4.69, 9.17) is 5.11 Å². The average molecular weight is 199 g/mol. The topological polar surface area (TPSA) is 49.3 Å². The smallest absolute Gasteiger partial charge is 0.306 e. The van der Waals surface area contributed by atoms with E-state index in [1.165, 1.54) is 25.7 Å². The van der Waals surface area contributed by atoms with E-state index in [0.29, 0.717) is 6.04 Å². The predicted molar refractivity (Wildman–Crippen MR) is 56.3 cm³/mol. The molecular weight excluding hydrogens is 178 g/mol. The van der Waals surface area contributed by atoms with Gasteiger partial charge in [-0.1, -0.05) is 19.8 Å². The van der Waals surface area contributed by atoms with Crippen LogP contribution in [-0.4, -0.2) is 23.7 Å². The van der Waals surface area contributed by atoms with Crippen molar-refractivity contribution in [2.45, 2.75) is 51.5 Å². The molecule has 1 atom stereocenters. The van der Waals surface area contributed by atoms with E-state index in [1.54, 1.807) is 6.92 Å². The molecule has 3 heteroatoms. The highest BCUT2D eigenvalue weighted by Crippen LogP contribution is 2.17. The van der Waals surface area contributed by atoms with Crippen LogP contribution in [0.3, 0.4) is 0 Å². The number of nitrogens with one attached hydrogen (secondary N) is 1. The number of carbonyl (C=O) groups is 1. The summed E-state index contributed by atoms with van der Waals surface area (Å²) in [6, 6.07) is 0.704. The van der Waals surface area contributed by atoms with Crippen molar-refractivity contribution in [3.05, 3.63) is 0 Å². The Kier molecular flexibility index (Phi) is 4.94. The first-order valence-corrected chi connectivity index (χ1v) is 5.66. The molecule has 1 aliphatic carbocycles. The first-order valence-electron chi connectivity index (χ1n) is 5.66. The zero-order valence-electron chi connectivity index (χ0n) is 8.96. The van der Waals surface area contributed by atoms with Crippen LogP contribution in [0.15, 0.2) is 0 Å². The van der Waals surface area contributed by atoms with Crippen molar-refractivity contribution in [2.24, 2.45) is 5.92 Å². The molecule has 0 aromatic heterocycles. The number of rotatable bonds is 6. The van der Waals surface area contributed by atoms with Gasteiger partial charge in [0.2, 0.25) is 0 Å². The Morgan fingerprint density at radius 1 is 1.50 bits per heavy atom. The van der Waals surface area contributed by atoms with Crippen molar-refractivity contribution in [1.82, 2.24) is 5.32 Å². The number of hydrogen-bond acceptors (Lipinski definition) is 2. The first-order chi connectivity index (χ1) is 6.70. The second kappa shape index (κ2) is 6.02. The molecule has 0 aromatic carbocycles. The summed E-state index contributed by atoms with van der Waals surface area (Å²) in [5, 5.41) is 12.2. The summed E-state index contributed by atoms with van der Waals surface area (Å²) < 4.78 is 0. The summed E-state index contributed by atoms with van der Waals surface area (Å²) in [5.74, 6) is -0.869. The summed E-state index contributed by atoms with van der Waals surface area (Å²) in [7, 11) is 0. The quantitative estimate of drug-likeness (QED) is 0.643. The Morgan fingerprint density at radius 3 is 2.71 bits per heavy atom. The van der Waals surface area contributed by atoms with Gasteiger partial charge in [-0.3, -0.25) is 4.79 Å². The molecule has 0 heterocycles. The molecule has 3 nitrogen and oxygen atoms in total. The van der Waals surface area contributed by atoms with E-state index in [-0.39, 0.29) is 5.92 Å². The van der Waals surface area contributed by atoms with Gasteiger partial charge in [0.25, 0.3) is 0 Å². The van der Waals surface area contributed by atoms with Crippen LogP contribution in [0.2, 0.25) is 0 Å². The molecule has 0 bridgehead atoms. The van der Waals surface area contributed by atoms with Crippen LogP contribution in [0, 0.1) is 5.92 Å². The maximum atomic E-state index is 10.5. The number of carboxylic acid groups (broad SMARTS) is 1. The minimum Gasteiger partial charge on any atom is -0.481 e. The molecule has 0 aliphatic heterocycles. The van der Waals surface area contributed by atoms with E-state index in [0.717, 1.165) is 19.4 Å². The zero-order chi connectivity index (χ0) is 10.4. The molecule has 0 aromatic rings. The molecule has 2 N–H and O–H groups in total. The fourth-order valence-corrected chi connectivity index (χ4v) is 1.97. The largest absolute Gasteiger partial charge is 0.481 e. The molecule has 0 radical (unpaired) electrons. The van der Waals surface area contributed by atoms with Crippen LogP contribution in [0.25, 0.3) is 0 Å². The lowest BCUT2D eigenvalue weighted by atomic mass is 10.1. The molecule has 0 saturated heterocycles. The van der Waals surface area contributed by atoms with Crippen molar-refractivity contribution < 1.29 is 9.90 Å². The fourth-order valence-electron chi connectivity index (χ4n) is 1.97. The van der Waals surface area contributed by atoms with Crippen molar-refractivity contribution in [2.75, 3.05) is 6.54 Å². The van der Waals surface area contributed by atoms with Gasteiger partial charge in [0.05, 0.1) is 5.92 Å². The second-order valence-electron chi connectivity index (χ2n) is 4.32. The molecule has 1 rings (SSSR count). The predicted octanol–water partition coefficient (Wildman–Crippen LogP) is 2.02. The maximum absolute atomic E-state index is 10.5. The Morgan fingerprint density at radius 2 is 2.14 bits per heavy atom. The van der Waals surface area contributed by atoms with Crippen LogP contribution in [-0.2, 0) is 4.79 Å². The SMILES string of the molecule is CC(CCCNC1CCCC1)C(=O)O. The third-order valence-corrected chi connectivity index (χ3v) is 3.02. The summed E-state index contributed by atoms with van der Waals surface area (Å²) in [5.41, 5.74) is 0. The van der Waals surface area contributed by atoms with Gasteiger partial charge in [-0.05, 0) is 32.2 Å². The number of carboxylic acids is 1. The lowest BCUT2D eigenvalue weighted by molar-refractivity contribution is -0.141. The molecule has 0 spiro atoms. The van der Waals surface area contributed by atoms with Gasteiger partial charge in [0.15, 0.2) is 0 Å². The van der Waals surface area contributed by atoms with Gasteiger partial charge < -0.3 is 10.4 Å². The van der Waals surface area contributed by atoms with E-state index in [1.807, 2.05) is 0 Å². The van der Waals surface area contributed by atoms with Gasteiger partial charge in [-0.2, -0.15) is 0 Å². The van der Waals surface area contributed by atoms with Gasteiger partial charge >= 0.3 is 5.97 Å². The Labute approximate surface area is 85.9 Å². The standard InChI is InChI=1S/C11H21NO2/c1-9(11(13)14)5-4-8-12-10-6-2-3-7-10/h9-10,12H,2-8H2,1H3,(H,13,14). The van der Waals surface area contributed by atoms with E-state index >= 15 is 0 Å². The molecule has 0 amide bonds. The molecular formula is C11H21NO2. The van der Waals surface area contributed by atoms with Crippen molar-refractivity contribution >= 4 is 5.97 Å². The van der Waals surface area contributed by atoms with Crippen LogP contribution >= 0.6 is 0 Å². The maximum Gasteiger partial charge on any atom is 0.306 e.